The first kappa shape index (κ1) is 58.4. The lowest BCUT2D eigenvalue weighted by molar-refractivity contribution is 0.641. The second-order valence-corrected chi connectivity index (χ2v) is 28.1. The predicted molar refractivity (Wildman–Crippen MR) is 400 cm³/mol. The smallest absolute Gasteiger partial charge is 0.252 e. The number of hydrogen-bond acceptors (Lipinski definition) is 2. The van der Waals surface area contributed by atoms with Crippen LogP contribution in [-0.4, -0.2) is 11.3 Å². The van der Waals surface area contributed by atoms with Crippen LogP contribution >= 0.6 is 0 Å². The summed E-state index contributed by atoms with van der Waals surface area (Å²) in [5.74, 6) is 0. The second-order valence-electron chi connectivity index (χ2n) is 28.1. The van der Waals surface area contributed by atoms with E-state index in [1.807, 2.05) is 0 Å². The molecule has 0 aliphatic carbocycles. The van der Waals surface area contributed by atoms with Crippen molar-refractivity contribution >= 4 is 79.0 Å². The Balaban J connectivity index is 1.01. The zero-order chi connectivity index (χ0) is 64.1. The molecule has 2 aliphatic heterocycles. The maximum Gasteiger partial charge on any atom is 0.252 e. The van der Waals surface area contributed by atoms with Gasteiger partial charge in [0, 0.05) is 66.6 Å². The Morgan fingerprint density at radius 2 is 0.543 bits per heavy atom. The van der Waals surface area contributed by atoms with E-state index in [1.165, 1.54) is 99.6 Å². The maximum atomic E-state index is 2.60. The second kappa shape index (κ2) is 22.6. The lowest BCUT2D eigenvalue weighted by atomic mass is 9.33. The molecule has 3 heterocycles. The summed E-state index contributed by atoms with van der Waals surface area (Å²) in [4.78, 5) is 5.18. The van der Waals surface area contributed by atoms with Gasteiger partial charge in [-0.3, -0.25) is 0 Å². The molecule has 2 aliphatic rings. The van der Waals surface area contributed by atoms with Crippen molar-refractivity contribution in [3.63, 3.8) is 0 Å². The Kier molecular flexibility index (Phi) is 14.0. The molecule has 0 fully saturated rings. The molecule has 0 radical (unpaired) electrons. The number of benzene rings is 13. The first-order valence-corrected chi connectivity index (χ1v) is 33.3. The van der Waals surface area contributed by atoms with Crippen LogP contribution in [0.1, 0.15) is 99.9 Å². The lowest BCUT2D eigenvalue weighted by Gasteiger charge is -2.45. The molecule has 13 aromatic carbocycles. The molecule has 14 aromatic rings. The zero-order valence-corrected chi connectivity index (χ0v) is 54.9. The van der Waals surface area contributed by atoms with Crippen molar-refractivity contribution in [1.82, 2.24) is 4.57 Å². The van der Waals surface area contributed by atoms with Gasteiger partial charge in [0.05, 0.1) is 16.7 Å². The highest BCUT2D eigenvalue weighted by Gasteiger charge is 2.45. The van der Waals surface area contributed by atoms with Crippen LogP contribution in [-0.2, 0) is 21.7 Å². The molecule has 0 unspecified atom stereocenters. The van der Waals surface area contributed by atoms with Crippen molar-refractivity contribution in [2.45, 2.75) is 77.0 Å². The van der Waals surface area contributed by atoms with E-state index in [2.05, 4.69) is 385 Å². The van der Waals surface area contributed by atoms with Gasteiger partial charge in [-0.15, -0.1) is 0 Å². The number of anilines is 6. The average Bonchev–Trinajstić information content (AvgIpc) is 0.826. The monoisotopic (exact) mass is 1210 g/mol. The van der Waals surface area contributed by atoms with E-state index in [0.29, 0.717) is 0 Å². The highest BCUT2D eigenvalue weighted by Crippen LogP contribution is 2.49. The van der Waals surface area contributed by atoms with Crippen LogP contribution in [0.15, 0.2) is 315 Å². The zero-order valence-electron chi connectivity index (χ0n) is 54.9. The molecular formula is C90H76BN3. The quantitative estimate of drug-likeness (QED) is 0.107. The van der Waals surface area contributed by atoms with E-state index in [4.69, 9.17) is 0 Å². The largest absolute Gasteiger partial charge is 0.311 e. The summed E-state index contributed by atoms with van der Waals surface area (Å²) < 4.78 is 2.57. The highest BCUT2D eigenvalue weighted by atomic mass is 15.2. The van der Waals surface area contributed by atoms with Crippen LogP contribution in [0.5, 0.6) is 0 Å². The van der Waals surface area contributed by atoms with Crippen LogP contribution in [0.4, 0.5) is 34.1 Å². The van der Waals surface area contributed by atoms with Crippen molar-refractivity contribution in [3.05, 3.63) is 360 Å². The Hall–Kier alpha value is -10.7. The Morgan fingerprint density at radius 1 is 0.234 bits per heavy atom. The van der Waals surface area contributed by atoms with E-state index in [-0.39, 0.29) is 28.4 Å². The fourth-order valence-electron chi connectivity index (χ4n) is 15.5. The van der Waals surface area contributed by atoms with Gasteiger partial charge in [0.1, 0.15) is 0 Å². The van der Waals surface area contributed by atoms with Crippen molar-refractivity contribution < 1.29 is 0 Å². The molecule has 94 heavy (non-hydrogen) atoms. The van der Waals surface area contributed by atoms with Gasteiger partial charge in [0.2, 0.25) is 0 Å². The van der Waals surface area contributed by atoms with Crippen molar-refractivity contribution in [2.75, 3.05) is 9.80 Å². The molecule has 0 atom stereocenters. The number of fused-ring (bicyclic) bond motifs is 7. The van der Waals surface area contributed by atoms with Crippen molar-refractivity contribution in [3.8, 4) is 27.9 Å². The normalized spacial score (nSPS) is 13.0. The summed E-state index contributed by atoms with van der Waals surface area (Å²) >= 11 is 0. The molecule has 16 rings (SSSR count). The minimum atomic E-state index is -0.308. The minimum Gasteiger partial charge on any atom is -0.311 e. The highest BCUT2D eigenvalue weighted by molar-refractivity contribution is 7.00. The minimum absolute atomic E-state index is 0.157. The summed E-state index contributed by atoms with van der Waals surface area (Å²) in [6, 6.07) is 119. The Morgan fingerprint density at radius 3 is 0.979 bits per heavy atom. The third-order valence-corrected chi connectivity index (χ3v) is 21.4. The first-order chi connectivity index (χ1) is 45.6. The van der Waals surface area contributed by atoms with Gasteiger partial charge in [0.25, 0.3) is 6.71 Å². The topological polar surface area (TPSA) is 11.4 Å². The van der Waals surface area contributed by atoms with E-state index >= 15 is 0 Å². The van der Waals surface area contributed by atoms with Gasteiger partial charge in [-0.25, -0.2) is 0 Å². The van der Waals surface area contributed by atoms with Crippen LogP contribution in [0.3, 0.4) is 0 Å². The van der Waals surface area contributed by atoms with Crippen LogP contribution in [0.2, 0.25) is 0 Å². The fourth-order valence-corrected chi connectivity index (χ4v) is 15.5. The van der Waals surface area contributed by atoms with Gasteiger partial charge in [-0.05, 0) is 156 Å². The van der Waals surface area contributed by atoms with E-state index in [0.717, 1.165) is 45.2 Å². The van der Waals surface area contributed by atoms with Crippen LogP contribution < -0.4 is 26.2 Å². The molecule has 454 valence electrons. The third kappa shape index (κ3) is 9.64. The Labute approximate surface area is 555 Å². The SMILES string of the molecule is CC(C)(c1ccccc1)c1ccc(N2c3ccc(C(C)(C)c4ccccc4)cc3B3c4cc(-c5ccccc5)ccc4N(c4ccc(-c5ccccc5)cc4)c4cc(-n5c6ccc(C(C)(C)c7ccccc7)cc6c6cc(C(C)(C)c7ccccc7)ccc65)cc2c43)cc1. The summed E-state index contributed by atoms with van der Waals surface area (Å²) in [7, 11) is 0. The summed E-state index contributed by atoms with van der Waals surface area (Å²) in [5, 5.41) is 2.46. The maximum absolute atomic E-state index is 2.60. The number of nitrogens with zero attached hydrogens (tertiary/aromatic N) is 3. The number of hydrogen-bond donors (Lipinski definition) is 0. The molecule has 0 bridgehead atoms. The van der Waals surface area contributed by atoms with E-state index < -0.39 is 0 Å². The molecule has 0 N–H and O–H groups in total. The van der Waals surface area contributed by atoms with Gasteiger partial charge in [-0.2, -0.15) is 0 Å². The number of aromatic nitrogens is 1. The average molecular weight is 1210 g/mol. The fraction of sp³-hybridized carbons (Fsp3) is 0.133. The van der Waals surface area contributed by atoms with E-state index in [1.54, 1.807) is 0 Å². The molecule has 0 amide bonds. The summed E-state index contributed by atoms with van der Waals surface area (Å²) in [6.07, 6.45) is 0. The van der Waals surface area contributed by atoms with Gasteiger partial charge < -0.3 is 14.4 Å². The van der Waals surface area contributed by atoms with Crippen LogP contribution in [0.25, 0.3) is 49.7 Å². The molecule has 0 saturated carbocycles. The lowest BCUT2D eigenvalue weighted by Crippen LogP contribution is -2.61. The molecule has 3 nitrogen and oxygen atoms in total. The molecule has 0 spiro atoms. The van der Waals surface area contributed by atoms with Gasteiger partial charge in [-0.1, -0.05) is 298 Å². The molecule has 1 aromatic heterocycles. The number of rotatable bonds is 13. The summed E-state index contributed by atoms with van der Waals surface area (Å²) in [5.41, 5.74) is 27.9. The molecular weight excluding hydrogens is 1130 g/mol. The van der Waals surface area contributed by atoms with Gasteiger partial charge >= 0.3 is 0 Å². The van der Waals surface area contributed by atoms with E-state index in [9.17, 15) is 0 Å². The molecule has 4 heteroatoms. The Bertz CT molecular complexity index is 5040. The molecule has 0 saturated heterocycles. The van der Waals surface area contributed by atoms with Gasteiger partial charge in [0.15, 0.2) is 0 Å². The first-order valence-electron chi connectivity index (χ1n) is 33.3. The predicted octanol–water partition coefficient (Wildman–Crippen LogP) is 21.5. The third-order valence-electron chi connectivity index (χ3n) is 21.4. The van der Waals surface area contributed by atoms with Crippen molar-refractivity contribution in [2.24, 2.45) is 0 Å². The standard InChI is InChI=1S/C90H76BN3/c1-87(2,65-31-19-11-20-32-65)69-42-49-74(50-43-69)93-83-54-46-72(90(7,8)68-37-25-14-26-38-68)58-79(83)91-78-55-64(62-29-17-10-18-30-62)41-51-82(78)92(73-47-39-63(40-48-73)61-27-15-9-16-28-61)84-59-75(60-85(93)86(84)91)94-80-52-44-70(88(3,4)66-33-21-12-22-34-66)56-76(80)77-57-71(45-53-81(77)94)89(5,6)67-35-23-13-24-36-67/h9-60H,1-8H3. The summed E-state index contributed by atoms with van der Waals surface area (Å²) in [6.45, 7) is 18.8. The van der Waals surface area contributed by atoms with Crippen LogP contribution in [0, 0.1) is 0 Å². The van der Waals surface area contributed by atoms with Crippen molar-refractivity contribution in [1.29, 1.82) is 0 Å².